The number of nitrogens with zero attached hydrogens (tertiary/aromatic N) is 2. The number of aromatic nitrogens is 2. The Hall–Kier alpha value is -1.27. The predicted octanol–water partition coefficient (Wildman–Crippen LogP) is 2.78. The third-order valence-electron chi connectivity index (χ3n) is 2.47. The molecule has 2 aromatic rings. The number of hydrogen-bond donors (Lipinski definition) is 0. The lowest BCUT2D eigenvalue weighted by Gasteiger charge is -2.25. The van der Waals surface area contributed by atoms with E-state index in [0.29, 0.717) is 6.61 Å². The van der Waals surface area contributed by atoms with Crippen LogP contribution >= 0.6 is 23.1 Å². The van der Waals surface area contributed by atoms with E-state index < -0.39 is 0 Å². The average Bonchev–Trinajstić information content (AvgIpc) is 2.82. The van der Waals surface area contributed by atoms with Gasteiger partial charge in [-0.1, -0.05) is 35.2 Å². The molecule has 0 unspecified atom stereocenters. The molecule has 0 N–H and O–H groups in total. The highest BCUT2D eigenvalue weighted by molar-refractivity contribution is 8.01. The van der Waals surface area contributed by atoms with Crippen LogP contribution in [-0.2, 0) is 0 Å². The van der Waals surface area contributed by atoms with Gasteiger partial charge in [-0.05, 0) is 19.1 Å². The van der Waals surface area contributed by atoms with Crippen molar-refractivity contribution < 1.29 is 9.47 Å². The van der Waals surface area contributed by atoms with Crippen molar-refractivity contribution in [3.63, 3.8) is 0 Å². The number of hydrogen-bond acceptors (Lipinski definition) is 6. The van der Waals surface area contributed by atoms with Crippen LogP contribution in [-0.4, -0.2) is 28.7 Å². The van der Waals surface area contributed by atoms with Crippen LogP contribution in [0, 0.1) is 6.92 Å². The summed E-state index contributed by atoms with van der Waals surface area (Å²) in [7, 11) is 0. The lowest BCUT2D eigenvalue weighted by molar-refractivity contribution is 0.107. The van der Waals surface area contributed by atoms with Gasteiger partial charge in [0.1, 0.15) is 17.7 Å². The second-order valence-corrected chi connectivity index (χ2v) is 6.34. The molecule has 0 aliphatic carbocycles. The van der Waals surface area contributed by atoms with Gasteiger partial charge in [0.2, 0.25) is 0 Å². The zero-order valence-electron chi connectivity index (χ0n) is 9.83. The maximum atomic E-state index is 5.87. The van der Waals surface area contributed by atoms with Crippen molar-refractivity contribution in [3.05, 3.63) is 29.3 Å². The Morgan fingerprint density at radius 2 is 2.17 bits per heavy atom. The lowest BCUT2D eigenvalue weighted by Crippen LogP contribution is -2.31. The summed E-state index contributed by atoms with van der Waals surface area (Å²) in [4.78, 5) is 0. The van der Waals surface area contributed by atoms with E-state index in [1.54, 1.807) is 23.1 Å². The van der Waals surface area contributed by atoms with Crippen LogP contribution in [0.25, 0.3) is 0 Å². The summed E-state index contributed by atoms with van der Waals surface area (Å²) < 4.78 is 12.5. The van der Waals surface area contributed by atoms with Gasteiger partial charge in [-0.25, -0.2) is 0 Å². The SMILES string of the molecule is Cc1nnc(SC[C@@H]2COc3ccccc3O2)s1. The van der Waals surface area contributed by atoms with Crippen molar-refractivity contribution in [1.29, 1.82) is 0 Å². The monoisotopic (exact) mass is 280 g/mol. The van der Waals surface area contributed by atoms with Crippen molar-refractivity contribution in [2.75, 3.05) is 12.4 Å². The van der Waals surface area contributed by atoms with Gasteiger partial charge in [0.05, 0.1) is 0 Å². The first-order chi connectivity index (χ1) is 8.81. The fraction of sp³-hybridized carbons (Fsp3) is 0.333. The molecule has 0 saturated heterocycles. The Kier molecular flexibility index (Phi) is 3.38. The number of thioether (sulfide) groups is 1. The van der Waals surface area contributed by atoms with Crippen molar-refractivity contribution in [2.45, 2.75) is 17.4 Å². The number of para-hydroxylation sites is 2. The van der Waals surface area contributed by atoms with E-state index in [-0.39, 0.29) is 6.10 Å². The quantitative estimate of drug-likeness (QED) is 0.809. The molecule has 0 saturated carbocycles. The summed E-state index contributed by atoms with van der Waals surface area (Å²) in [6.07, 6.45) is 0.0640. The summed E-state index contributed by atoms with van der Waals surface area (Å²) in [5.74, 6) is 2.47. The zero-order valence-corrected chi connectivity index (χ0v) is 11.5. The topological polar surface area (TPSA) is 44.2 Å². The van der Waals surface area contributed by atoms with Gasteiger partial charge in [-0.2, -0.15) is 0 Å². The predicted molar refractivity (Wildman–Crippen MR) is 71.7 cm³/mol. The van der Waals surface area contributed by atoms with Gasteiger partial charge in [-0.15, -0.1) is 10.2 Å². The lowest BCUT2D eigenvalue weighted by atomic mass is 10.3. The van der Waals surface area contributed by atoms with E-state index in [1.165, 1.54) is 0 Å². The summed E-state index contributed by atoms with van der Waals surface area (Å²) >= 11 is 3.27. The standard InChI is InChI=1S/C12H12N2O2S2/c1-8-13-14-12(18-8)17-7-9-6-15-10-4-2-3-5-11(10)16-9/h2-5,9H,6-7H2,1H3/t9-/m0/s1. The van der Waals surface area contributed by atoms with Crippen LogP contribution in [0.3, 0.4) is 0 Å². The molecular weight excluding hydrogens is 268 g/mol. The van der Waals surface area contributed by atoms with Crippen LogP contribution in [0.15, 0.2) is 28.6 Å². The van der Waals surface area contributed by atoms with E-state index >= 15 is 0 Å². The Labute approximate surface area is 113 Å². The largest absolute Gasteiger partial charge is 0.486 e. The number of fused-ring (bicyclic) bond motifs is 1. The first-order valence-electron chi connectivity index (χ1n) is 5.62. The van der Waals surface area contributed by atoms with E-state index in [4.69, 9.17) is 9.47 Å². The Balaban J connectivity index is 1.59. The normalized spacial score (nSPS) is 17.7. The molecule has 0 bridgehead atoms. The van der Waals surface area contributed by atoms with Gasteiger partial charge in [0.25, 0.3) is 0 Å². The molecule has 1 aliphatic heterocycles. The molecule has 1 aromatic carbocycles. The average molecular weight is 280 g/mol. The number of rotatable bonds is 3. The molecule has 94 valence electrons. The van der Waals surface area contributed by atoms with Gasteiger partial charge in [-0.3, -0.25) is 0 Å². The summed E-state index contributed by atoms with van der Waals surface area (Å²) in [6, 6.07) is 7.75. The van der Waals surface area contributed by atoms with E-state index in [2.05, 4.69) is 10.2 Å². The molecule has 4 nitrogen and oxygen atoms in total. The highest BCUT2D eigenvalue weighted by atomic mass is 32.2. The molecule has 0 radical (unpaired) electrons. The third-order valence-corrected chi connectivity index (χ3v) is 4.57. The van der Waals surface area contributed by atoms with Crippen LogP contribution < -0.4 is 9.47 Å². The second-order valence-electron chi connectivity index (χ2n) is 3.90. The van der Waals surface area contributed by atoms with Crippen molar-refractivity contribution in [3.8, 4) is 11.5 Å². The minimum atomic E-state index is 0.0640. The number of aryl methyl sites for hydroxylation is 1. The fourth-order valence-corrected chi connectivity index (χ4v) is 3.46. The molecule has 18 heavy (non-hydrogen) atoms. The van der Waals surface area contributed by atoms with E-state index in [0.717, 1.165) is 26.6 Å². The van der Waals surface area contributed by atoms with Crippen molar-refractivity contribution in [1.82, 2.24) is 10.2 Å². The highest BCUT2D eigenvalue weighted by Crippen LogP contribution is 2.32. The Morgan fingerprint density at radius 1 is 1.33 bits per heavy atom. The van der Waals surface area contributed by atoms with Crippen LogP contribution in [0.2, 0.25) is 0 Å². The van der Waals surface area contributed by atoms with Gasteiger partial charge in [0.15, 0.2) is 15.8 Å². The van der Waals surface area contributed by atoms with Crippen molar-refractivity contribution >= 4 is 23.1 Å². The summed E-state index contributed by atoms with van der Waals surface area (Å²) in [5, 5.41) is 9.06. The number of benzene rings is 1. The molecule has 0 spiro atoms. The summed E-state index contributed by atoms with van der Waals surface area (Å²) in [5.41, 5.74) is 0. The first kappa shape index (κ1) is 11.8. The minimum Gasteiger partial charge on any atom is -0.486 e. The molecular formula is C12H12N2O2S2. The zero-order chi connectivity index (χ0) is 12.4. The Bertz CT molecular complexity index is 544. The first-order valence-corrected chi connectivity index (χ1v) is 7.43. The van der Waals surface area contributed by atoms with E-state index in [9.17, 15) is 0 Å². The van der Waals surface area contributed by atoms with Crippen LogP contribution in [0.4, 0.5) is 0 Å². The van der Waals surface area contributed by atoms with Crippen LogP contribution in [0.1, 0.15) is 5.01 Å². The molecule has 2 heterocycles. The fourth-order valence-electron chi connectivity index (χ4n) is 1.65. The molecule has 1 aromatic heterocycles. The van der Waals surface area contributed by atoms with Gasteiger partial charge >= 0.3 is 0 Å². The third kappa shape index (κ3) is 2.59. The van der Waals surface area contributed by atoms with E-state index in [1.807, 2.05) is 31.2 Å². The summed E-state index contributed by atoms with van der Waals surface area (Å²) in [6.45, 7) is 2.54. The maximum absolute atomic E-state index is 5.87. The molecule has 6 heteroatoms. The molecule has 3 rings (SSSR count). The van der Waals surface area contributed by atoms with Crippen molar-refractivity contribution in [2.24, 2.45) is 0 Å². The van der Waals surface area contributed by atoms with Gasteiger partial charge in [0, 0.05) is 5.75 Å². The minimum absolute atomic E-state index is 0.0640. The Morgan fingerprint density at radius 3 is 2.94 bits per heavy atom. The van der Waals surface area contributed by atoms with Crippen LogP contribution in [0.5, 0.6) is 11.5 Å². The maximum Gasteiger partial charge on any atom is 0.174 e. The molecule has 1 aliphatic rings. The molecule has 0 fully saturated rings. The highest BCUT2D eigenvalue weighted by Gasteiger charge is 2.21. The number of ether oxygens (including phenoxy) is 2. The molecule has 0 amide bonds. The molecule has 1 atom stereocenters. The smallest absolute Gasteiger partial charge is 0.174 e. The second kappa shape index (κ2) is 5.16. The van der Waals surface area contributed by atoms with Gasteiger partial charge < -0.3 is 9.47 Å².